The average Bonchev–Trinajstić information content (AvgIpc) is 2.38. The summed E-state index contributed by atoms with van der Waals surface area (Å²) in [7, 11) is 0.194. The Balaban J connectivity index is 2.19. The summed E-state index contributed by atoms with van der Waals surface area (Å²) >= 11 is 0. The zero-order valence-corrected chi connectivity index (χ0v) is 10.7. The molecule has 2 N–H and O–H groups in total. The van der Waals surface area contributed by atoms with Crippen LogP contribution in [-0.4, -0.2) is 66.1 Å². The Morgan fingerprint density at radius 1 is 1.21 bits per heavy atom. The van der Waals surface area contributed by atoms with E-state index in [1.165, 1.54) is 6.07 Å². The lowest BCUT2D eigenvalue weighted by molar-refractivity contribution is 0.0663. The van der Waals surface area contributed by atoms with Gasteiger partial charge in [0.25, 0.3) is 5.91 Å². The molecule has 1 aliphatic heterocycles. The van der Waals surface area contributed by atoms with Crippen molar-refractivity contribution in [2.75, 3.05) is 33.2 Å². The van der Waals surface area contributed by atoms with E-state index in [1.54, 1.807) is 4.90 Å². The van der Waals surface area contributed by atoms with Gasteiger partial charge in [0, 0.05) is 31.7 Å². The zero-order chi connectivity index (χ0) is 14.0. The Labute approximate surface area is 111 Å². The van der Waals surface area contributed by atoms with Crippen LogP contribution in [0.15, 0.2) is 18.2 Å². The first-order chi connectivity index (χ1) is 8.97. The largest absolute Gasteiger partial charge is 0.488 e. The van der Waals surface area contributed by atoms with Gasteiger partial charge >= 0.3 is 7.12 Å². The predicted molar refractivity (Wildman–Crippen MR) is 69.6 cm³/mol. The van der Waals surface area contributed by atoms with E-state index in [0.29, 0.717) is 13.1 Å². The van der Waals surface area contributed by atoms with Crippen molar-refractivity contribution in [2.45, 2.75) is 0 Å². The number of likely N-dealkylation sites (N-methyl/N-ethyl adjacent to an activating group) is 1. The van der Waals surface area contributed by atoms with E-state index in [0.717, 1.165) is 25.2 Å². The van der Waals surface area contributed by atoms with Gasteiger partial charge in [-0.25, -0.2) is 4.39 Å². The molecule has 1 fully saturated rings. The molecule has 0 aliphatic carbocycles. The minimum Gasteiger partial charge on any atom is -0.423 e. The average molecular weight is 266 g/mol. The molecule has 102 valence electrons. The number of nitrogens with zero attached hydrogens (tertiary/aromatic N) is 2. The van der Waals surface area contributed by atoms with Gasteiger partial charge < -0.3 is 19.8 Å². The van der Waals surface area contributed by atoms with Crippen LogP contribution in [0.3, 0.4) is 0 Å². The second kappa shape index (κ2) is 5.69. The minimum atomic E-state index is -1.78. The number of hydrogen-bond donors (Lipinski definition) is 2. The molecule has 0 atom stereocenters. The Kier molecular flexibility index (Phi) is 4.19. The van der Waals surface area contributed by atoms with E-state index in [2.05, 4.69) is 4.90 Å². The van der Waals surface area contributed by atoms with Gasteiger partial charge in [-0.3, -0.25) is 4.79 Å². The molecule has 1 heterocycles. The third-order valence-corrected chi connectivity index (χ3v) is 3.26. The van der Waals surface area contributed by atoms with Crippen LogP contribution in [0.25, 0.3) is 0 Å². The molecule has 1 aliphatic rings. The van der Waals surface area contributed by atoms with Gasteiger partial charge in [0.05, 0.1) is 0 Å². The van der Waals surface area contributed by atoms with Gasteiger partial charge in [-0.2, -0.15) is 0 Å². The van der Waals surface area contributed by atoms with Crippen LogP contribution in [0.1, 0.15) is 10.4 Å². The molecule has 19 heavy (non-hydrogen) atoms. The molecule has 1 saturated heterocycles. The topological polar surface area (TPSA) is 64.0 Å². The van der Waals surface area contributed by atoms with E-state index >= 15 is 0 Å². The lowest BCUT2D eigenvalue weighted by Crippen LogP contribution is -2.47. The van der Waals surface area contributed by atoms with Crippen LogP contribution >= 0.6 is 0 Å². The summed E-state index contributed by atoms with van der Waals surface area (Å²) in [5.74, 6) is -0.933. The highest BCUT2D eigenvalue weighted by molar-refractivity contribution is 6.58. The van der Waals surface area contributed by atoms with Crippen molar-refractivity contribution in [3.63, 3.8) is 0 Å². The number of carbonyl (C=O) groups is 1. The molecule has 0 bridgehead atoms. The molecular formula is C12H16BFN2O3. The Morgan fingerprint density at radius 3 is 2.42 bits per heavy atom. The molecule has 1 aromatic carbocycles. The highest BCUT2D eigenvalue weighted by Gasteiger charge is 2.22. The van der Waals surface area contributed by atoms with Crippen molar-refractivity contribution < 1.29 is 19.2 Å². The summed E-state index contributed by atoms with van der Waals surface area (Å²) in [6.45, 7) is 2.72. The molecule has 1 aromatic rings. The van der Waals surface area contributed by atoms with Crippen LogP contribution in [0.4, 0.5) is 4.39 Å². The zero-order valence-electron chi connectivity index (χ0n) is 10.7. The summed E-state index contributed by atoms with van der Waals surface area (Å²) in [6.07, 6.45) is 0. The molecule has 5 nitrogen and oxygen atoms in total. The quantitative estimate of drug-likeness (QED) is 0.666. The fourth-order valence-corrected chi connectivity index (χ4v) is 2.08. The van der Waals surface area contributed by atoms with Crippen LogP contribution < -0.4 is 5.46 Å². The van der Waals surface area contributed by atoms with E-state index in [9.17, 15) is 9.18 Å². The Bertz CT molecular complexity index is 476. The summed E-state index contributed by atoms with van der Waals surface area (Å²) < 4.78 is 13.4. The molecule has 7 heteroatoms. The number of piperazine rings is 1. The van der Waals surface area contributed by atoms with E-state index in [1.807, 2.05) is 7.05 Å². The normalized spacial score (nSPS) is 16.5. The molecule has 0 spiro atoms. The van der Waals surface area contributed by atoms with Crippen LogP contribution in [-0.2, 0) is 0 Å². The fraction of sp³-hybridized carbons (Fsp3) is 0.417. The second-order valence-corrected chi connectivity index (χ2v) is 4.74. The van der Waals surface area contributed by atoms with Gasteiger partial charge in [-0.1, -0.05) is 0 Å². The lowest BCUT2D eigenvalue weighted by atomic mass is 9.79. The number of carbonyl (C=O) groups excluding carboxylic acids is 1. The van der Waals surface area contributed by atoms with Gasteiger partial charge in [0.2, 0.25) is 0 Å². The molecule has 0 saturated carbocycles. The van der Waals surface area contributed by atoms with E-state index in [-0.39, 0.29) is 16.9 Å². The molecule has 0 aromatic heterocycles. The van der Waals surface area contributed by atoms with Crippen molar-refractivity contribution in [3.05, 3.63) is 29.6 Å². The number of amides is 1. The maximum Gasteiger partial charge on any atom is 0.488 e. The molecule has 2 rings (SSSR count). The van der Waals surface area contributed by atoms with Crippen molar-refractivity contribution in [1.82, 2.24) is 9.80 Å². The minimum absolute atomic E-state index is 0.0162. The molecular weight excluding hydrogens is 250 g/mol. The van der Waals surface area contributed by atoms with Gasteiger partial charge in [0.15, 0.2) is 0 Å². The van der Waals surface area contributed by atoms with Gasteiger partial charge in [-0.05, 0) is 30.7 Å². The maximum absolute atomic E-state index is 13.4. The smallest absolute Gasteiger partial charge is 0.423 e. The highest BCUT2D eigenvalue weighted by Crippen LogP contribution is 2.09. The van der Waals surface area contributed by atoms with Crippen LogP contribution in [0.5, 0.6) is 0 Å². The van der Waals surface area contributed by atoms with Crippen molar-refractivity contribution in [2.24, 2.45) is 0 Å². The SMILES string of the molecule is CN1CCN(C(=O)c2cc(F)cc(B(O)O)c2)CC1. The number of benzene rings is 1. The summed E-state index contributed by atoms with van der Waals surface area (Å²) in [6, 6.07) is 3.44. The summed E-state index contributed by atoms with van der Waals surface area (Å²) in [5.41, 5.74) is 0.130. The number of halogens is 1. The number of rotatable bonds is 2. The molecule has 1 amide bonds. The van der Waals surface area contributed by atoms with Gasteiger partial charge in [0.1, 0.15) is 5.82 Å². The monoisotopic (exact) mass is 266 g/mol. The number of hydrogen-bond acceptors (Lipinski definition) is 4. The first-order valence-electron chi connectivity index (χ1n) is 6.12. The highest BCUT2D eigenvalue weighted by atomic mass is 19.1. The third kappa shape index (κ3) is 3.31. The van der Waals surface area contributed by atoms with Crippen LogP contribution in [0.2, 0.25) is 0 Å². The van der Waals surface area contributed by atoms with Crippen molar-refractivity contribution in [3.8, 4) is 0 Å². The maximum atomic E-state index is 13.4. The first-order valence-corrected chi connectivity index (χ1v) is 6.12. The summed E-state index contributed by atoms with van der Waals surface area (Å²) in [4.78, 5) is 16.0. The van der Waals surface area contributed by atoms with Crippen molar-refractivity contribution >= 4 is 18.5 Å². The first kappa shape index (κ1) is 14.0. The Morgan fingerprint density at radius 2 is 1.84 bits per heavy atom. The van der Waals surface area contributed by atoms with Crippen molar-refractivity contribution in [1.29, 1.82) is 0 Å². The third-order valence-electron chi connectivity index (χ3n) is 3.26. The fourth-order valence-electron chi connectivity index (χ4n) is 2.08. The van der Waals surface area contributed by atoms with Crippen LogP contribution in [0, 0.1) is 5.82 Å². The van der Waals surface area contributed by atoms with Gasteiger partial charge in [-0.15, -0.1) is 0 Å². The molecule has 0 radical (unpaired) electrons. The summed E-state index contributed by atoms with van der Waals surface area (Å²) in [5, 5.41) is 18.1. The molecule has 0 unspecified atom stereocenters. The second-order valence-electron chi connectivity index (χ2n) is 4.74. The van der Waals surface area contributed by atoms with E-state index < -0.39 is 12.9 Å². The predicted octanol–water partition coefficient (Wildman–Crippen LogP) is -1.11. The standard InChI is InChI=1S/C12H16BFN2O3/c1-15-2-4-16(5-3-15)12(17)9-6-10(13(18)19)8-11(14)7-9/h6-8,18-19H,2-5H2,1H3. The Hall–Kier alpha value is -1.44. The lowest BCUT2D eigenvalue weighted by Gasteiger charge is -2.32. The van der Waals surface area contributed by atoms with E-state index in [4.69, 9.17) is 10.0 Å².